The maximum atomic E-state index is 12.0. The van der Waals surface area contributed by atoms with Crippen LogP contribution in [0.1, 0.15) is 25.3 Å². The predicted octanol–water partition coefficient (Wildman–Crippen LogP) is 3.31. The molecule has 0 bridgehead atoms. The van der Waals surface area contributed by atoms with Gasteiger partial charge in [-0.2, -0.15) is 13.2 Å². The molecule has 1 aromatic rings. The van der Waals surface area contributed by atoms with Crippen molar-refractivity contribution in [2.24, 2.45) is 0 Å². The highest BCUT2D eigenvalue weighted by molar-refractivity contribution is 8.00. The minimum atomic E-state index is -4.19. The normalized spacial score (nSPS) is 11.7. The second kappa shape index (κ2) is 6.83. The summed E-state index contributed by atoms with van der Waals surface area (Å²) in [4.78, 5) is 8.19. The molecule has 0 amide bonds. The van der Waals surface area contributed by atoms with E-state index in [-0.39, 0.29) is 30.0 Å². The molecule has 0 aromatic carbocycles. The van der Waals surface area contributed by atoms with Crippen LogP contribution in [0.4, 0.5) is 24.8 Å². The van der Waals surface area contributed by atoms with Crippen molar-refractivity contribution in [1.29, 1.82) is 0 Å². The second-order valence-corrected chi connectivity index (χ2v) is 5.27. The minimum Gasteiger partial charge on any atom is -0.373 e. The van der Waals surface area contributed by atoms with Crippen molar-refractivity contribution >= 4 is 23.4 Å². The Morgan fingerprint density at radius 3 is 2.42 bits per heavy atom. The van der Waals surface area contributed by atoms with Crippen molar-refractivity contribution in [2.75, 3.05) is 30.0 Å². The van der Waals surface area contributed by atoms with E-state index in [0.29, 0.717) is 11.6 Å². The Labute approximate surface area is 114 Å². The Morgan fingerprint density at radius 1 is 1.26 bits per heavy atom. The molecule has 1 aromatic heterocycles. The van der Waals surface area contributed by atoms with E-state index in [0.717, 1.165) is 5.56 Å². The van der Waals surface area contributed by atoms with Gasteiger partial charge in [0.25, 0.3) is 0 Å². The van der Waals surface area contributed by atoms with Gasteiger partial charge in [-0.15, -0.1) is 0 Å². The predicted molar refractivity (Wildman–Crippen MR) is 72.7 cm³/mol. The zero-order valence-electron chi connectivity index (χ0n) is 11.0. The van der Waals surface area contributed by atoms with Crippen molar-refractivity contribution in [1.82, 2.24) is 9.97 Å². The molecule has 0 aliphatic carbocycles. The van der Waals surface area contributed by atoms with Crippen molar-refractivity contribution in [3.63, 3.8) is 0 Å². The molecule has 0 radical (unpaired) electrons. The van der Waals surface area contributed by atoms with E-state index in [1.54, 1.807) is 7.05 Å². The summed E-state index contributed by atoms with van der Waals surface area (Å²) in [7, 11) is 1.75. The van der Waals surface area contributed by atoms with Gasteiger partial charge < -0.3 is 10.6 Å². The van der Waals surface area contributed by atoms with E-state index < -0.39 is 5.51 Å². The van der Waals surface area contributed by atoms with Crippen LogP contribution in [0, 0.1) is 0 Å². The van der Waals surface area contributed by atoms with Gasteiger partial charge in [-0.3, -0.25) is 0 Å². The molecule has 8 heteroatoms. The number of hydrogen-bond donors (Lipinski definition) is 2. The van der Waals surface area contributed by atoms with Gasteiger partial charge in [0.15, 0.2) is 0 Å². The fourth-order valence-corrected chi connectivity index (χ4v) is 2.05. The van der Waals surface area contributed by atoms with E-state index >= 15 is 0 Å². The zero-order chi connectivity index (χ0) is 14.5. The molecule has 108 valence electrons. The number of alkyl halides is 3. The van der Waals surface area contributed by atoms with Gasteiger partial charge in [0.2, 0.25) is 0 Å². The molecule has 0 aliphatic heterocycles. The largest absolute Gasteiger partial charge is 0.441 e. The molecule has 4 nitrogen and oxygen atoms in total. The lowest BCUT2D eigenvalue weighted by molar-refractivity contribution is -0.0327. The third-order valence-electron chi connectivity index (χ3n) is 2.36. The lowest BCUT2D eigenvalue weighted by atomic mass is 10.0. The summed E-state index contributed by atoms with van der Waals surface area (Å²) in [5.74, 6) is 1.38. The molecule has 1 heterocycles. The maximum Gasteiger partial charge on any atom is 0.441 e. The number of nitrogens with one attached hydrogen (secondary N) is 2. The summed E-state index contributed by atoms with van der Waals surface area (Å²) in [6.45, 7) is 4.16. The van der Waals surface area contributed by atoms with Gasteiger partial charge >= 0.3 is 5.51 Å². The molecule has 0 aliphatic rings. The van der Waals surface area contributed by atoms with Crippen molar-refractivity contribution in [3.05, 3.63) is 11.9 Å². The Hall–Kier alpha value is -1.18. The van der Waals surface area contributed by atoms with Crippen LogP contribution in [0.25, 0.3) is 0 Å². The average Bonchev–Trinajstić information content (AvgIpc) is 2.32. The standard InChI is InChI=1S/C11H17F3N4S/c1-7(2)8-9(15-3)17-6-18-10(8)16-4-5-19-11(12,13)14/h6-7H,4-5H2,1-3H3,(H2,15,16,17,18). The average molecular weight is 294 g/mol. The highest BCUT2D eigenvalue weighted by Crippen LogP contribution is 2.30. The molecule has 0 saturated heterocycles. The molecule has 1 rings (SSSR count). The van der Waals surface area contributed by atoms with E-state index in [9.17, 15) is 13.2 Å². The number of nitrogens with zero attached hydrogens (tertiary/aromatic N) is 2. The van der Waals surface area contributed by atoms with Gasteiger partial charge in [0.1, 0.15) is 18.0 Å². The van der Waals surface area contributed by atoms with Crippen LogP contribution < -0.4 is 10.6 Å². The van der Waals surface area contributed by atoms with Gasteiger partial charge in [0, 0.05) is 24.9 Å². The Kier molecular flexibility index (Phi) is 5.71. The summed E-state index contributed by atoms with van der Waals surface area (Å²) in [5.41, 5.74) is -3.31. The van der Waals surface area contributed by atoms with Crippen LogP contribution in [0.15, 0.2) is 6.33 Å². The van der Waals surface area contributed by atoms with Crippen LogP contribution >= 0.6 is 11.8 Å². The van der Waals surface area contributed by atoms with Crippen LogP contribution in [-0.4, -0.2) is 34.8 Å². The number of rotatable bonds is 6. The van der Waals surface area contributed by atoms with Gasteiger partial charge in [0.05, 0.1) is 0 Å². The number of halogens is 3. The van der Waals surface area contributed by atoms with Crippen LogP contribution in [0.5, 0.6) is 0 Å². The summed E-state index contributed by atoms with van der Waals surface area (Å²) in [6, 6.07) is 0. The molecule has 2 N–H and O–H groups in total. The Morgan fingerprint density at radius 2 is 1.89 bits per heavy atom. The Balaban J connectivity index is 2.68. The van der Waals surface area contributed by atoms with Crippen LogP contribution in [0.3, 0.4) is 0 Å². The first-order valence-electron chi connectivity index (χ1n) is 5.82. The smallest absolute Gasteiger partial charge is 0.373 e. The highest BCUT2D eigenvalue weighted by Gasteiger charge is 2.27. The van der Waals surface area contributed by atoms with Crippen molar-refractivity contribution in [3.8, 4) is 0 Å². The van der Waals surface area contributed by atoms with Crippen molar-refractivity contribution < 1.29 is 13.2 Å². The highest BCUT2D eigenvalue weighted by atomic mass is 32.2. The summed E-state index contributed by atoms with van der Waals surface area (Å²) >= 11 is -0.0445. The maximum absolute atomic E-state index is 12.0. The monoisotopic (exact) mass is 294 g/mol. The molecule has 0 fully saturated rings. The third-order valence-corrected chi connectivity index (χ3v) is 3.09. The van der Waals surface area contributed by atoms with Crippen LogP contribution in [0.2, 0.25) is 0 Å². The van der Waals surface area contributed by atoms with Gasteiger partial charge in [-0.25, -0.2) is 9.97 Å². The number of anilines is 2. The first kappa shape index (κ1) is 15.9. The third kappa shape index (κ3) is 5.14. The van der Waals surface area contributed by atoms with Gasteiger partial charge in [-0.1, -0.05) is 13.8 Å². The van der Waals surface area contributed by atoms with Crippen LogP contribution in [-0.2, 0) is 0 Å². The lowest BCUT2D eigenvalue weighted by Gasteiger charge is -2.16. The second-order valence-electron chi connectivity index (χ2n) is 4.11. The quantitative estimate of drug-likeness (QED) is 0.788. The van der Waals surface area contributed by atoms with E-state index in [2.05, 4.69) is 20.6 Å². The molecule has 19 heavy (non-hydrogen) atoms. The number of aromatic nitrogens is 2. The summed E-state index contributed by atoms with van der Waals surface area (Å²) in [5, 5.41) is 5.89. The SMILES string of the molecule is CNc1ncnc(NCCSC(F)(F)F)c1C(C)C. The minimum absolute atomic E-state index is 0.0445. The molecular weight excluding hydrogens is 277 g/mol. The fourth-order valence-electron chi connectivity index (χ4n) is 1.62. The molecule has 0 saturated carbocycles. The van der Waals surface area contributed by atoms with Gasteiger partial charge in [-0.05, 0) is 17.7 Å². The lowest BCUT2D eigenvalue weighted by Crippen LogP contribution is -2.13. The fraction of sp³-hybridized carbons (Fsp3) is 0.636. The summed E-state index contributed by atoms with van der Waals surface area (Å²) < 4.78 is 36.0. The number of hydrogen-bond acceptors (Lipinski definition) is 5. The first-order valence-corrected chi connectivity index (χ1v) is 6.81. The molecule has 0 spiro atoms. The molecule has 0 unspecified atom stereocenters. The topological polar surface area (TPSA) is 49.8 Å². The van der Waals surface area contributed by atoms with E-state index in [1.807, 2.05) is 13.8 Å². The van der Waals surface area contributed by atoms with Crippen molar-refractivity contribution in [2.45, 2.75) is 25.3 Å². The first-order chi connectivity index (χ1) is 8.85. The molecular formula is C11H17F3N4S. The zero-order valence-corrected chi connectivity index (χ0v) is 11.8. The summed E-state index contributed by atoms with van der Waals surface area (Å²) in [6.07, 6.45) is 1.39. The Bertz CT molecular complexity index is 409. The molecule has 0 atom stereocenters. The van der Waals surface area contributed by atoms with E-state index in [4.69, 9.17) is 0 Å². The number of thioether (sulfide) groups is 1. The van der Waals surface area contributed by atoms with E-state index in [1.165, 1.54) is 6.33 Å².